The lowest BCUT2D eigenvalue weighted by atomic mass is 10.1. The Morgan fingerprint density at radius 2 is 2.53 bits per heavy atom. The van der Waals surface area contributed by atoms with Crippen LogP contribution in [0.4, 0.5) is 0 Å². The highest BCUT2D eigenvalue weighted by Crippen LogP contribution is 2.10. The monoisotopic (exact) mass is 254 g/mol. The number of piperidine rings is 1. The Kier molecular flexibility index (Phi) is 3.70. The zero-order valence-corrected chi connectivity index (χ0v) is 10.0. The molecule has 1 fully saturated rings. The fraction of sp³-hybridized carbons (Fsp3) is 0.500. The van der Waals surface area contributed by atoms with Crippen LogP contribution in [0.25, 0.3) is 0 Å². The van der Waals surface area contributed by atoms with Crippen molar-refractivity contribution in [1.29, 1.82) is 0 Å². The van der Waals surface area contributed by atoms with Gasteiger partial charge in [0, 0.05) is 30.9 Å². The van der Waals surface area contributed by atoms with Crippen molar-refractivity contribution in [3.63, 3.8) is 0 Å². The van der Waals surface area contributed by atoms with Gasteiger partial charge in [0.15, 0.2) is 0 Å². The normalized spacial score (nSPS) is 19.8. The molecule has 4 N–H and O–H groups in total. The predicted octanol–water partition coefficient (Wildman–Crippen LogP) is -0.390. The third-order valence-corrected chi connectivity index (χ3v) is 3.43. The number of nitrogens with zero attached hydrogens (tertiary/aromatic N) is 1. The summed E-state index contributed by atoms with van der Waals surface area (Å²) in [5.41, 5.74) is 5.83. The summed E-state index contributed by atoms with van der Waals surface area (Å²) in [5.74, 6) is -0.170. The Labute approximate surface area is 103 Å². The number of carbonyl (C=O) groups is 2. The second-order valence-corrected chi connectivity index (χ2v) is 4.79. The number of amides is 2. The second kappa shape index (κ2) is 5.24. The molecule has 2 amide bonds. The molecule has 0 spiro atoms. The van der Waals surface area contributed by atoms with E-state index in [1.165, 1.54) is 11.3 Å². The van der Waals surface area contributed by atoms with E-state index in [1.54, 1.807) is 5.38 Å². The van der Waals surface area contributed by atoms with E-state index < -0.39 is 0 Å². The van der Waals surface area contributed by atoms with E-state index in [2.05, 4.69) is 15.6 Å². The first-order valence-electron chi connectivity index (χ1n) is 5.41. The van der Waals surface area contributed by atoms with Crippen molar-refractivity contribution in [1.82, 2.24) is 15.6 Å². The van der Waals surface area contributed by atoms with E-state index >= 15 is 0 Å². The van der Waals surface area contributed by atoms with Crippen molar-refractivity contribution in [2.75, 3.05) is 6.54 Å². The minimum atomic E-state index is -0.206. The maximum atomic E-state index is 11.8. The summed E-state index contributed by atoms with van der Waals surface area (Å²) in [6.07, 6.45) is 1.13. The van der Waals surface area contributed by atoms with Crippen molar-refractivity contribution >= 4 is 23.2 Å². The van der Waals surface area contributed by atoms with Crippen LogP contribution < -0.4 is 16.4 Å². The molecule has 0 bridgehead atoms. The number of rotatable bonds is 3. The van der Waals surface area contributed by atoms with Crippen LogP contribution in [0.15, 0.2) is 5.38 Å². The zero-order valence-electron chi connectivity index (χ0n) is 9.23. The first-order valence-corrected chi connectivity index (χ1v) is 6.29. The third kappa shape index (κ3) is 3.01. The van der Waals surface area contributed by atoms with Crippen LogP contribution in [-0.2, 0) is 11.3 Å². The van der Waals surface area contributed by atoms with Crippen LogP contribution in [0.5, 0.6) is 0 Å². The predicted molar refractivity (Wildman–Crippen MR) is 63.5 cm³/mol. The van der Waals surface area contributed by atoms with Crippen LogP contribution in [0, 0.1) is 0 Å². The van der Waals surface area contributed by atoms with Gasteiger partial charge in [0.25, 0.3) is 5.91 Å². The van der Waals surface area contributed by atoms with Gasteiger partial charge in [0.1, 0.15) is 10.7 Å². The summed E-state index contributed by atoms with van der Waals surface area (Å²) in [6.45, 7) is 0.829. The average Bonchev–Trinajstić information content (AvgIpc) is 2.81. The van der Waals surface area contributed by atoms with Gasteiger partial charge in [0.2, 0.25) is 5.91 Å². The van der Waals surface area contributed by atoms with Gasteiger partial charge < -0.3 is 16.4 Å². The van der Waals surface area contributed by atoms with Gasteiger partial charge in [0.05, 0.1) is 0 Å². The molecule has 17 heavy (non-hydrogen) atoms. The molecule has 1 aromatic rings. The van der Waals surface area contributed by atoms with E-state index in [0.29, 0.717) is 31.6 Å². The van der Waals surface area contributed by atoms with Crippen molar-refractivity contribution < 1.29 is 9.59 Å². The molecule has 0 aromatic carbocycles. The molecule has 92 valence electrons. The Morgan fingerprint density at radius 1 is 1.71 bits per heavy atom. The number of aromatic nitrogens is 1. The highest BCUT2D eigenvalue weighted by atomic mass is 32.1. The summed E-state index contributed by atoms with van der Waals surface area (Å²) in [6, 6.07) is -0.0109. The Hall–Kier alpha value is -1.47. The molecule has 0 radical (unpaired) electrons. The summed E-state index contributed by atoms with van der Waals surface area (Å²) < 4.78 is 0. The van der Waals surface area contributed by atoms with Crippen LogP contribution >= 0.6 is 11.3 Å². The minimum absolute atomic E-state index is 0.0109. The molecular weight excluding hydrogens is 240 g/mol. The molecule has 1 saturated heterocycles. The minimum Gasteiger partial charge on any atom is -0.354 e. The zero-order chi connectivity index (χ0) is 12.3. The van der Waals surface area contributed by atoms with Crippen molar-refractivity contribution in [2.45, 2.75) is 25.4 Å². The first-order chi connectivity index (χ1) is 8.19. The lowest BCUT2D eigenvalue weighted by Gasteiger charge is -2.22. The van der Waals surface area contributed by atoms with Crippen LogP contribution in [-0.4, -0.2) is 29.4 Å². The van der Waals surface area contributed by atoms with E-state index in [1.807, 2.05) is 0 Å². The molecule has 1 unspecified atom stereocenters. The quantitative estimate of drug-likeness (QED) is 0.684. The van der Waals surface area contributed by atoms with Gasteiger partial charge in [-0.05, 0) is 6.42 Å². The highest BCUT2D eigenvalue weighted by Gasteiger charge is 2.21. The Bertz CT molecular complexity index is 422. The van der Waals surface area contributed by atoms with Gasteiger partial charge >= 0.3 is 0 Å². The first kappa shape index (κ1) is 12.0. The smallest absolute Gasteiger partial charge is 0.271 e. The van der Waals surface area contributed by atoms with Crippen LogP contribution in [0.3, 0.4) is 0 Å². The molecule has 2 heterocycles. The lowest BCUT2D eigenvalue weighted by molar-refractivity contribution is -0.122. The Balaban J connectivity index is 1.90. The fourth-order valence-electron chi connectivity index (χ4n) is 1.62. The molecule has 1 aliphatic heterocycles. The maximum absolute atomic E-state index is 11.8. The van der Waals surface area contributed by atoms with Gasteiger partial charge in [-0.15, -0.1) is 11.3 Å². The fourth-order valence-corrected chi connectivity index (χ4v) is 2.28. The molecule has 0 saturated carbocycles. The number of hydrogen-bond donors (Lipinski definition) is 3. The number of nitrogens with two attached hydrogens (primary N) is 1. The van der Waals surface area contributed by atoms with Gasteiger partial charge in [-0.25, -0.2) is 4.98 Å². The Morgan fingerprint density at radius 3 is 3.12 bits per heavy atom. The molecule has 1 aromatic heterocycles. The van der Waals surface area contributed by atoms with Crippen LogP contribution in [0.1, 0.15) is 28.3 Å². The molecular formula is C10H14N4O2S. The molecule has 0 aliphatic carbocycles. The van der Waals surface area contributed by atoms with E-state index in [9.17, 15) is 9.59 Å². The summed E-state index contributed by atoms with van der Waals surface area (Å²) >= 11 is 1.37. The average molecular weight is 254 g/mol. The van der Waals surface area contributed by atoms with Crippen molar-refractivity contribution in [3.8, 4) is 0 Å². The molecule has 1 atom stereocenters. The largest absolute Gasteiger partial charge is 0.354 e. The maximum Gasteiger partial charge on any atom is 0.271 e. The van der Waals surface area contributed by atoms with Gasteiger partial charge in [-0.3, -0.25) is 9.59 Å². The van der Waals surface area contributed by atoms with E-state index in [0.717, 1.165) is 5.01 Å². The topological polar surface area (TPSA) is 97.1 Å². The van der Waals surface area contributed by atoms with E-state index in [-0.39, 0.29) is 17.9 Å². The summed E-state index contributed by atoms with van der Waals surface area (Å²) in [5, 5.41) is 7.99. The number of carbonyl (C=O) groups excluding carboxylic acids is 2. The van der Waals surface area contributed by atoms with E-state index in [4.69, 9.17) is 5.73 Å². The lowest BCUT2D eigenvalue weighted by Crippen LogP contribution is -2.47. The van der Waals surface area contributed by atoms with Crippen molar-refractivity contribution in [3.05, 3.63) is 16.1 Å². The SMILES string of the molecule is NCc1nc(C(=O)NC2CCC(=O)NC2)cs1. The molecule has 6 nitrogen and oxygen atoms in total. The molecule has 1 aliphatic rings. The summed E-state index contributed by atoms with van der Waals surface area (Å²) in [7, 11) is 0. The van der Waals surface area contributed by atoms with Gasteiger partial charge in [-0.1, -0.05) is 0 Å². The highest BCUT2D eigenvalue weighted by molar-refractivity contribution is 7.09. The molecule has 7 heteroatoms. The van der Waals surface area contributed by atoms with Crippen molar-refractivity contribution in [2.24, 2.45) is 5.73 Å². The number of nitrogens with one attached hydrogen (secondary N) is 2. The number of hydrogen-bond acceptors (Lipinski definition) is 5. The van der Waals surface area contributed by atoms with Crippen LogP contribution in [0.2, 0.25) is 0 Å². The second-order valence-electron chi connectivity index (χ2n) is 3.84. The van der Waals surface area contributed by atoms with Gasteiger partial charge in [-0.2, -0.15) is 0 Å². The third-order valence-electron chi connectivity index (χ3n) is 2.56. The standard InChI is InChI=1S/C10H14N4O2S/c11-3-9-14-7(5-17-9)10(16)13-6-1-2-8(15)12-4-6/h5-6H,1-4,11H2,(H,12,15)(H,13,16). The number of thiazole rings is 1. The molecule has 2 rings (SSSR count). The summed E-state index contributed by atoms with van der Waals surface area (Å²) in [4.78, 5) is 26.9.